The lowest BCUT2D eigenvalue weighted by Crippen LogP contribution is -2.38. The Morgan fingerprint density at radius 2 is 1.71 bits per heavy atom. The minimum Gasteiger partial charge on any atom is -0.480 e. The Morgan fingerprint density at radius 1 is 1.07 bits per heavy atom. The molecular formula is C19H31N3O6. The summed E-state index contributed by atoms with van der Waals surface area (Å²) >= 11 is 0. The SMILES string of the molecule is N[C@@H](CC(=O)NCCOCCOCCNC(=O)CCCC1=CC=CC1)C(=O)O. The molecule has 1 aliphatic rings. The van der Waals surface area contributed by atoms with Gasteiger partial charge in [0.25, 0.3) is 0 Å². The topological polar surface area (TPSA) is 140 Å². The maximum Gasteiger partial charge on any atom is 0.321 e. The number of carboxylic acids is 1. The molecule has 0 saturated heterocycles. The lowest BCUT2D eigenvalue weighted by molar-refractivity contribution is -0.140. The molecule has 9 nitrogen and oxygen atoms in total. The molecule has 2 amide bonds. The van der Waals surface area contributed by atoms with Gasteiger partial charge in [-0.25, -0.2) is 0 Å². The molecule has 158 valence electrons. The maximum absolute atomic E-state index is 11.7. The number of ether oxygens (including phenoxy) is 2. The normalized spacial score (nSPS) is 13.8. The van der Waals surface area contributed by atoms with Crippen LogP contribution in [0.25, 0.3) is 0 Å². The third-order valence-electron chi connectivity index (χ3n) is 3.98. The van der Waals surface area contributed by atoms with Crippen LogP contribution in [-0.4, -0.2) is 68.4 Å². The van der Waals surface area contributed by atoms with E-state index in [2.05, 4.69) is 22.8 Å². The summed E-state index contributed by atoms with van der Waals surface area (Å²) in [5.74, 6) is -1.61. The second kappa shape index (κ2) is 14.8. The van der Waals surface area contributed by atoms with E-state index in [1.165, 1.54) is 5.57 Å². The minimum absolute atomic E-state index is 0.0322. The number of hydrogen-bond acceptors (Lipinski definition) is 6. The molecule has 0 aromatic heterocycles. The zero-order valence-corrected chi connectivity index (χ0v) is 16.2. The molecule has 0 aromatic carbocycles. The predicted octanol–water partition coefficient (Wildman–Crippen LogP) is 0.111. The van der Waals surface area contributed by atoms with Crippen molar-refractivity contribution in [3.05, 3.63) is 23.8 Å². The number of carbonyl (C=O) groups excluding carboxylic acids is 2. The van der Waals surface area contributed by atoms with Gasteiger partial charge >= 0.3 is 5.97 Å². The van der Waals surface area contributed by atoms with Crippen LogP contribution in [0.4, 0.5) is 0 Å². The highest BCUT2D eigenvalue weighted by atomic mass is 16.5. The second-order valence-corrected chi connectivity index (χ2v) is 6.38. The van der Waals surface area contributed by atoms with E-state index < -0.39 is 17.9 Å². The van der Waals surface area contributed by atoms with Gasteiger partial charge in [-0.05, 0) is 19.3 Å². The smallest absolute Gasteiger partial charge is 0.321 e. The van der Waals surface area contributed by atoms with Gasteiger partial charge in [0.15, 0.2) is 0 Å². The minimum atomic E-state index is -1.21. The molecule has 0 saturated carbocycles. The summed E-state index contributed by atoms with van der Waals surface area (Å²) < 4.78 is 10.6. The molecule has 0 aromatic rings. The zero-order valence-electron chi connectivity index (χ0n) is 16.2. The quantitative estimate of drug-likeness (QED) is 0.271. The summed E-state index contributed by atoms with van der Waals surface area (Å²) in [7, 11) is 0. The molecular weight excluding hydrogens is 366 g/mol. The van der Waals surface area contributed by atoms with Crippen molar-refractivity contribution < 1.29 is 29.0 Å². The summed E-state index contributed by atoms with van der Waals surface area (Å²) in [6.07, 6.45) is 9.34. The van der Waals surface area contributed by atoms with Gasteiger partial charge in [-0.3, -0.25) is 14.4 Å². The molecule has 9 heteroatoms. The van der Waals surface area contributed by atoms with Gasteiger partial charge in [0.1, 0.15) is 6.04 Å². The average molecular weight is 397 g/mol. The molecule has 0 unspecified atom stereocenters. The average Bonchev–Trinajstić information content (AvgIpc) is 3.16. The molecule has 28 heavy (non-hydrogen) atoms. The molecule has 0 fully saturated rings. The Labute approximate surface area is 165 Å². The first kappa shape index (κ1) is 23.8. The number of aliphatic carboxylic acids is 1. The van der Waals surface area contributed by atoms with E-state index in [9.17, 15) is 14.4 Å². The van der Waals surface area contributed by atoms with Crippen LogP contribution in [-0.2, 0) is 23.9 Å². The van der Waals surface area contributed by atoms with E-state index in [0.717, 1.165) is 19.3 Å². The standard InChI is InChI=1S/C19H31N3O6/c20-16(19(25)26)14-18(24)22-9-11-28-13-12-27-10-8-21-17(23)7-3-6-15-4-1-2-5-15/h1-2,4,16H,3,5-14,20H2,(H,21,23)(H,22,24)(H,25,26)/t16-/m0/s1. The summed E-state index contributed by atoms with van der Waals surface area (Å²) in [4.78, 5) is 33.6. The summed E-state index contributed by atoms with van der Waals surface area (Å²) in [5.41, 5.74) is 6.63. The van der Waals surface area contributed by atoms with Crippen LogP contribution in [0.1, 0.15) is 32.1 Å². The summed E-state index contributed by atoms with van der Waals surface area (Å²) in [6.45, 7) is 2.18. The Bertz CT molecular complexity index is 562. The highest BCUT2D eigenvalue weighted by molar-refractivity contribution is 5.84. The fourth-order valence-electron chi connectivity index (χ4n) is 2.45. The first-order valence-electron chi connectivity index (χ1n) is 9.51. The Morgan fingerprint density at radius 3 is 2.29 bits per heavy atom. The van der Waals surface area contributed by atoms with Crippen molar-refractivity contribution in [3.63, 3.8) is 0 Å². The van der Waals surface area contributed by atoms with Crippen LogP contribution in [0.15, 0.2) is 23.8 Å². The summed E-state index contributed by atoms with van der Waals surface area (Å²) in [5, 5.41) is 13.9. The fourth-order valence-corrected chi connectivity index (χ4v) is 2.45. The Kier molecular flexibility index (Phi) is 12.6. The highest BCUT2D eigenvalue weighted by Crippen LogP contribution is 2.16. The van der Waals surface area contributed by atoms with E-state index in [1.54, 1.807) is 0 Å². The van der Waals surface area contributed by atoms with Crippen molar-refractivity contribution in [2.24, 2.45) is 5.73 Å². The molecule has 5 N–H and O–H groups in total. The lowest BCUT2D eigenvalue weighted by atomic mass is 10.1. The van der Waals surface area contributed by atoms with E-state index in [4.69, 9.17) is 20.3 Å². The van der Waals surface area contributed by atoms with Crippen molar-refractivity contribution in [1.29, 1.82) is 0 Å². The van der Waals surface area contributed by atoms with Gasteiger partial charge in [0.2, 0.25) is 11.8 Å². The van der Waals surface area contributed by atoms with Gasteiger partial charge in [0, 0.05) is 19.5 Å². The molecule has 0 bridgehead atoms. The van der Waals surface area contributed by atoms with Crippen LogP contribution >= 0.6 is 0 Å². The van der Waals surface area contributed by atoms with Gasteiger partial charge in [0.05, 0.1) is 32.8 Å². The number of carboxylic acid groups (broad SMARTS) is 1. The molecule has 0 heterocycles. The van der Waals surface area contributed by atoms with Crippen LogP contribution in [0, 0.1) is 0 Å². The largest absolute Gasteiger partial charge is 0.480 e. The van der Waals surface area contributed by atoms with Crippen molar-refractivity contribution in [1.82, 2.24) is 10.6 Å². The summed E-state index contributed by atoms with van der Waals surface area (Å²) in [6, 6.07) is -1.20. The molecule has 0 spiro atoms. The molecule has 0 radical (unpaired) electrons. The van der Waals surface area contributed by atoms with E-state index in [0.29, 0.717) is 39.4 Å². The third-order valence-corrected chi connectivity index (χ3v) is 3.98. The fraction of sp³-hybridized carbons (Fsp3) is 0.632. The predicted molar refractivity (Wildman–Crippen MR) is 104 cm³/mol. The third kappa shape index (κ3) is 12.2. The van der Waals surface area contributed by atoms with Gasteiger partial charge in [-0.15, -0.1) is 0 Å². The zero-order chi connectivity index (χ0) is 20.6. The van der Waals surface area contributed by atoms with Crippen molar-refractivity contribution >= 4 is 17.8 Å². The van der Waals surface area contributed by atoms with E-state index in [1.807, 2.05) is 6.08 Å². The highest BCUT2D eigenvalue weighted by Gasteiger charge is 2.15. The van der Waals surface area contributed by atoms with Crippen LogP contribution in [0.5, 0.6) is 0 Å². The van der Waals surface area contributed by atoms with Gasteiger partial charge in [-0.2, -0.15) is 0 Å². The Balaban J connectivity index is 1.82. The number of rotatable bonds is 16. The van der Waals surface area contributed by atoms with Gasteiger partial charge < -0.3 is 30.9 Å². The Hall–Kier alpha value is -2.23. The van der Waals surface area contributed by atoms with Crippen LogP contribution < -0.4 is 16.4 Å². The first-order valence-corrected chi connectivity index (χ1v) is 9.51. The van der Waals surface area contributed by atoms with E-state index >= 15 is 0 Å². The molecule has 1 rings (SSSR count). The lowest BCUT2D eigenvalue weighted by Gasteiger charge is -2.09. The number of nitrogens with two attached hydrogens (primary N) is 1. The molecule has 1 aliphatic carbocycles. The number of hydrogen-bond donors (Lipinski definition) is 4. The van der Waals surface area contributed by atoms with Crippen LogP contribution in [0.3, 0.4) is 0 Å². The maximum atomic E-state index is 11.7. The molecule has 0 aliphatic heterocycles. The van der Waals surface area contributed by atoms with Crippen molar-refractivity contribution in [2.75, 3.05) is 39.5 Å². The number of nitrogens with one attached hydrogen (secondary N) is 2. The van der Waals surface area contributed by atoms with Crippen LogP contribution in [0.2, 0.25) is 0 Å². The van der Waals surface area contributed by atoms with Crippen molar-refractivity contribution in [3.8, 4) is 0 Å². The number of amides is 2. The number of carbonyl (C=O) groups is 3. The number of allylic oxidation sites excluding steroid dienone is 4. The van der Waals surface area contributed by atoms with E-state index in [-0.39, 0.29) is 18.9 Å². The molecule has 1 atom stereocenters. The first-order chi connectivity index (χ1) is 13.5. The monoisotopic (exact) mass is 397 g/mol. The van der Waals surface area contributed by atoms with Gasteiger partial charge in [-0.1, -0.05) is 23.8 Å². The van der Waals surface area contributed by atoms with Crippen molar-refractivity contribution in [2.45, 2.75) is 38.1 Å². The second-order valence-electron chi connectivity index (χ2n) is 6.38.